The van der Waals surface area contributed by atoms with Crippen LogP contribution in [0.4, 0.5) is 0 Å². The SMILES string of the molecule is O=c1scc(O)n1Cc1cccc(Br)c1. The standard InChI is InChI=1S/C10H8BrNO2S/c11-8-3-1-2-7(4-8)5-12-9(13)6-15-10(12)14/h1-4,6,13H,5H2. The summed E-state index contributed by atoms with van der Waals surface area (Å²) in [5.41, 5.74) is 0.972. The number of aromatic hydroxyl groups is 1. The van der Waals surface area contributed by atoms with Gasteiger partial charge in [-0.05, 0) is 17.7 Å². The van der Waals surface area contributed by atoms with Crippen LogP contribution in [0.2, 0.25) is 0 Å². The van der Waals surface area contributed by atoms with Crippen LogP contribution >= 0.6 is 27.3 Å². The van der Waals surface area contributed by atoms with Crippen LogP contribution in [0.15, 0.2) is 38.9 Å². The highest BCUT2D eigenvalue weighted by atomic mass is 79.9. The van der Waals surface area contributed by atoms with E-state index in [-0.39, 0.29) is 10.8 Å². The molecule has 2 aromatic rings. The fourth-order valence-corrected chi connectivity index (χ4v) is 2.35. The van der Waals surface area contributed by atoms with Gasteiger partial charge in [0.2, 0.25) is 5.88 Å². The third-order valence-corrected chi connectivity index (χ3v) is 3.24. The predicted molar refractivity (Wildman–Crippen MR) is 63.5 cm³/mol. The van der Waals surface area contributed by atoms with Gasteiger partial charge in [0.25, 0.3) is 0 Å². The van der Waals surface area contributed by atoms with E-state index in [4.69, 9.17) is 0 Å². The average molecular weight is 286 g/mol. The summed E-state index contributed by atoms with van der Waals surface area (Å²) in [5.74, 6) is 0.0185. The molecular weight excluding hydrogens is 278 g/mol. The second kappa shape index (κ2) is 4.20. The monoisotopic (exact) mass is 285 g/mol. The number of halogens is 1. The fraction of sp³-hybridized carbons (Fsp3) is 0.100. The molecule has 1 N–H and O–H groups in total. The summed E-state index contributed by atoms with van der Waals surface area (Å²) in [6, 6.07) is 7.64. The van der Waals surface area contributed by atoms with Gasteiger partial charge in [-0.1, -0.05) is 39.4 Å². The smallest absolute Gasteiger partial charge is 0.310 e. The Morgan fingerprint density at radius 1 is 1.47 bits per heavy atom. The van der Waals surface area contributed by atoms with E-state index < -0.39 is 0 Å². The van der Waals surface area contributed by atoms with Gasteiger partial charge in [-0.15, -0.1) is 0 Å². The lowest BCUT2D eigenvalue weighted by Crippen LogP contribution is -2.13. The van der Waals surface area contributed by atoms with Crippen molar-refractivity contribution in [2.75, 3.05) is 0 Å². The van der Waals surface area contributed by atoms with Crippen LogP contribution in [0, 0.1) is 0 Å². The molecule has 1 aromatic heterocycles. The molecule has 0 saturated heterocycles. The zero-order valence-corrected chi connectivity index (χ0v) is 10.1. The summed E-state index contributed by atoms with van der Waals surface area (Å²) in [7, 11) is 0. The van der Waals surface area contributed by atoms with Crippen LogP contribution in [-0.2, 0) is 6.54 Å². The molecule has 0 amide bonds. The maximum Gasteiger partial charge on any atom is 0.310 e. The molecule has 1 heterocycles. The van der Waals surface area contributed by atoms with Crippen molar-refractivity contribution >= 4 is 27.3 Å². The number of rotatable bonds is 2. The molecule has 2 rings (SSSR count). The first-order valence-electron chi connectivity index (χ1n) is 4.28. The Bertz CT molecular complexity index is 532. The van der Waals surface area contributed by atoms with Crippen LogP contribution in [0.25, 0.3) is 0 Å². The quantitative estimate of drug-likeness (QED) is 0.921. The number of nitrogens with zero attached hydrogens (tertiary/aromatic N) is 1. The lowest BCUT2D eigenvalue weighted by molar-refractivity contribution is 0.421. The van der Waals surface area contributed by atoms with Crippen molar-refractivity contribution in [3.05, 3.63) is 49.3 Å². The minimum absolute atomic E-state index is 0.0185. The molecule has 0 unspecified atom stereocenters. The third kappa shape index (κ3) is 2.30. The molecule has 5 heteroatoms. The Balaban J connectivity index is 2.33. The van der Waals surface area contributed by atoms with Gasteiger partial charge in [0.15, 0.2) is 0 Å². The number of aromatic nitrogens is 1. The minimum atomic E-state index is -0.146. The van der Waals surface area contributed by atoms with Gasteiger partial charge in [-0.3, -0.25) is 9.36 Å². The van der Waals surface area contributed by atoms with Gasteiger partial charge in [0.1, 0.15) is 0 Å². The molecular formula is C10H8BrNO2S. The second-order valence-corrected chi connectivity index (χ2v) is 4.81. The first kappa shape index (κ1) is 10.4. The van der Waals surface area contributed by atoms with Gasteiger partial charge in [-0.2, -0.15) is 0 Å². The number of thiazole rings is 1. The van der Waals surface area contributed by atoms with Crippen LogP contribution in [0.3, 0.4) is 0 Å². The summed E-state index contributed by atoms with van der Waals surface area (Å²) < 4.78 is 2.30. The number of benzene rings is 1. The van der Waals surface area contributed by atoms with E-state index in [1.807, 2.05) is 24.3 Å². The second-order valence-electron chi connectivity index (χ2n) is 3.08. The van der Waals surface area contributed by atoms with Crippen molar-refractivity contribution in [2.24, 2.45) is 0 Å². The summed E-state index contributed by atoms with van der Waals surface area (Å²) >= 11 is 4.36. The van der Waals surface area contributed by atoms with Crippen LogP contribution in [0.1, 0.15) is 5.56 Å². The van der Waals surface area contributed by atoms with Crippen molar-refractivity contribution in [1.29, 1.82) is 0 Å². The molecule has 1 aromatic carbocycles. The maximum atomic E-state index is 11.3. The third-order valence-electron chi connectivity index (χ3n) is 1.99. The van der Waals surface area contributed by atoms with Gasteiger partial charge >= 0.3 is 4.87 Å². The van der Waals surface area contributed by atoms with E-state index in [2.05, 4.69) is 15.9 Å². The Morgan fingerprint density at radius 3 is 2.87 bits per heavy atom. The largest absolute Gasteiger partial charge is 0.494 e. The summed E-state index contributed by atoms with van der Waals surface area (Å²) in [4.78, 5) is 11.2. The molecule has 3 nitrogen and oxygen atoms in total. The Morgan fingerprint density at radius 2 is 2.27 bits per heavy atom. The summed E-state index contributed by atoms with van der Waals surface area (Å²) in [5, 5.41) is 10.9. The highest BCUT2D eigenvalue weighted by molar-refractivity contribution is 9.10. The first-order chi connectivity index (χ1) is 7.16. The van der Waals surface area contributed by atoms with E-state index in [9.17, 15) is 9.90 Å². The lowest BCUT2D eigenvalue weighted by atomic mass is 10.2. The predicted octanol–water partition coefficient (Wildman–Crippen LogP) is 2.43. The van der Waals surface area contributed by atoms with E-state index in [0.717, 1.165) is 21.4 Å². The lowest BCUT2D eigenvalue weighted by Gasteiger charge is -2.03. The molecule has 0 aliphatic rings. The minimum Gasteiger partial charge on any atom is -0.494 e. The highest BCUT2D eigenvalue weighted by Gasteiger charge is 2.05. The van der Waals surface area contributed by atoms with Gasteiger partial charge in [0.05, 0.1) is 11.9 Å². The molecule has 0 radical (unpaired) electrons. The van der Waals surface area contributed by atoms with E-state index in [1.165, 1.54) is 9.95 Å². The topological polar surface area (TPSA) is 42.2 Å². The molecule has 0 aliphatic carbocycles. The van der Waals surface area contributed by atoms with E-state index in [1.54, 1.807) is 0 Å². The molecule has 15 heavy (non-hydrogen) atoms. The average Bonchev–Trinajstić information content (AvgIpc) is 2.50. The van der Waals surface area contributed by atoms with Gasteiger partial charge in [0, 0.05) is 4.47 Å². The van der Waals surface area contributed by atoms with Crippen LogP contribution in [0.5, 0.6) is 5.88 Å². The maximum absolute atomic E-state index is 11.3. The van der Waals surface area contributed by atoms with E-state index >= 15 is 0 Å². The number of hydrogen-bond donors (Lipinski definition) is 1. The molecule has 0 fully saturated rings. The summed E-state index contributed by atoms with van der Waals surface area (Å²) in [6.07, 6.45) is 0. The fourth-order valence-electron chi connectivity index (χ4n) is 1.29. The molecule has 0 aliphatic heterocycles. The van der Waals surface area contributed by atoms with Crippen molar-refractivity contribution in [1.82, 2.24) is 4.57 Å². The van der Waals surface area contributed by atoms with Gasteiger partial charge < -0.3 is 5.11 Å². The van der Waals surface area contributed by atoms with E-state index in [0.29, 0.717) is 6.54 Å². The highest BCUT2D eigenvalue weighted by Crippen LogP contribution is 2.15. The molecule has 78 valence electrons. The Labute approximate surface area is 98.7 Å². The summed E-state index contributed by atoms with van der Waals surface area (Å²) in [6.45, 7) is 0.396. The van der Waals surface area contributed by atoms with Crippen molar-refractivity contribution < 1.29 is 5.11 Å². The van der Waals surface area contributed by atoms with Crippen LogP contribution < -0.4 is 4.87 Å². The molecule has 0 bridgehead atoms. The van der Waals surface area contributed by atoms with Crippen molar-refractivity contribution in [2.45, 2.75) is 6.54 Å². The Kier molecular flexibility index (Phi) is 2.93. The zero-order valence-electron chi connectivity index (χ0n) is 7.68. The first-order valence-corrected chi connectivity index (χ1v) is 5.96. The molecule has 0 saturated carbocycles. The van der Waals surface area contributed by atoms with Gasteiger partial charge in [-0.25, -0.2) is 0 Å². The van der Waals surface area contributed by atoms with Crippen molar-refractivity contribution in [3.8, 4) is 5.88 Å². The van der Waals surface area contributed by atoms with Crippen molar-refractivity contribution in [3.63, 3.8) is 0 Å². The Hall–Kier alpha value is -1.07. The van der Waals surface area contributed by atoms with Crippen LogP contribution in [-0.4, -0.2) is 9.67 Å². The molecule has 0 spiro atoms. The normalized spacial score (nSPS) is 10.5. The molecule has 0 atom stereocenters. The zero-order chi connectivity index (χ0) is 10.8. The number of hydrogen-bond acceptors (Lipinski definition) is 3.